The van der Waals surface area contributed by atoms with Crippen molar-refractivity contribution in [1.29, 1.82) is 0 Å². The predicted octanol–water partition coefficient (Wildman–Crippen LogP) is -0.928. The molecule has 0 spiro atoms. The van der Waals surface area contributed by atoms with Gasteiger partial charge in [-0.15, -0.1) is 0 Å². The van der Waals surface area contributed by atoms with Crippen molar-refractivity contribution in [1.82, 2.24) is 25.3 Å². The number of nitrogens with one attached hydrogen (secondary N) is 2. The normalized spacial score (nSPS) is 19.3. The average molecular weight is 325 g/mol. The lowest BCUT2D eigenvalue weighted by atomic mass is 10.3. The maximum Gasteiger partial charge on any atom is 0.314 e. The van der Waals surface area contributed by atoms with Crippen LogP contribution in [-0.4, -0.2) is 92.0 Å². The highest BCUT2D eigenvalue weighted by Gasteiger charge is 2.23. The number of likely N-dealkylation sites (tertiary alicyclic amines) is 1. The van der Waals surface area contributed by atoms with E-state index in [2.05, 4.69) is 15.5 Å². The molecule has 8 nitrogen and oxygen atoms in total. The zero-order valence-electron chi connectivity index (χ0n) is 13.8. The lowest BCUT2D eigenvalue weighted by Crippen LogP contribution is -2.44. The van der Waals surface area contributed by atoms with Gasteiger partial charge in [0.05, 0.1) is 13.1 Å². The Balaban J connectivity index is 1.74. The molecule has 130 valence electrons. The third-order valence-electron chi connectivity index (χ3n) is 4.39. The summed E-state index contributed by atoms with van der Waals surface area (Å²) >= 11 is 0. The molecule has 2 N–H and O–H groups in total. The molecule has 2 fully saturated rings. The molecule has 0 atom stereocenters. The summed E-state index contributed by atoms with van der Waals surface area (Å²) in [6.45, 7) is 5.00. The first kappa shape index (κ1) is 17.5. The fourth-order valence-corrected chi connectivity index (χ4v) is 2.99. The van der Waals surface area contributed by atoms with Crippen LogP contribution in [0.1, 0.15) is 19.3 Å². The smallest absolute Gasteiger partial charge is 0.314 e. The highest BCUT2D eigenvalue weighted by atomic mass is 16.2. The van der Waals surface area contributed by atoms with E-state index in [0.29, 0.717) is 26.2 Å². The minimum absolute atomic E-state index is 0.00633. The second-order valence-corrected chi connectivity index (χ2v) is 6.03. The Hall–Kier alpha value is -1.83. The molecule has 0 saturated carbocycles. The third-order valence-corrected chi connectivity index (χ3v) is 4.39. The van der Waals surface area contributed by atoms with Gasteiger partial charge in [0, 0.05) is 46.3 Å². The maximum absolute atomic E-state index is 12.2. The summed E-state index contributed by atoms with van der Waals surface area (Å²) in [5, 5.41) is 4.93. The summed E-state index contributed by atoms with van der Waals surface area (Å²) in [6, 6.07) is -0.356. The molecule has 0 unspecified atom stereocenters. The molecular weight excluding hydrogens is 298 g/mol. The standard InChI is InChI=1S/C15H27N5O3/c1-16-15(23)17-11-13(21)20-8-4-5-18(9-10-20)12-14(22)19-6-2-3-7-19/h2-12H2,1H3,(H2,16,17,23). The molecule has 0 bridgehead atoms. The van der Waals surface area contributed by atoms with Gasteiger partial charge in [0.25, 0.3) is 0 Å². The van der Waals surface area contributed by atoms with E-state index in [4.69, 9.17) is 0 Å². The number of rotatable bonds is 4. The number of amides is 4. The lowest BCUT2D eigenvalue weighted by Gasteiger charge is -2.24. The topological polar surface area (TPSA) is 85.0 Å². The van der Waals surface area contributed by atoms with Crippen LogP contribution >= 0.6 is 0 Å². The first-order valence-corrected chi connectivity index (χ1v) is 8.33. The van der Waals surface area contributed by atoms with E-state index in [1.54, 1.807) is 4.90 Å². The quantitative estimate of drug-likeness (QED) is 0.699. The average Bonchev–Trinajstić information content (AvgIpc) is 3.00. The Kier molecular flexibility index (Phi) is 6.64. The molecule has 0 aliphatic carbocycles. The van der Waals surface area contributed by atoms with E-state index < -0.39 is 0 Å². The summed E-state index contributed by atoms with van der Waals surface area (Å²) in [4.78, 5) is 41.2. The zero-order chi connectivity index (χ0) is 16.7. The number of carbonyl (C=O) groups is 3. The van der Waals surface area contributed by atoms with Crippen LogP contribution < -0.4 is 10.6 Å². The van der Waals surface area contributed by atoms with Gasteiger partial charge in [-0.05, 0) is 19.3 Å². The van der Waals surface area contributed by atoms with Crippen molar-refractivity contribution in [2.24, 2.45) is 0 Å². The Morgan fingerprint density at radius 2 is 1.48 bits per heavy atom. The molecule has 2 aliphatic heterocycles. The molecular formula is C15H27N5O3. The van der Waals surface area contributed by atoms with E-state index >= 15 is 0 Å². The van der Waals surface area contributed by atoms with Gasteiger partial charge in [-0.25, -0.2) is 4.79 Å². The molecule has 0 aromatic carbocycles. The summed E-state index contributed by atoms with van der Waals surface area (Å²) in [7, 11) is 1.51. The van der Waals surface area contributed by atoms with Gasteiger partial charge in [-0.2, -0.15) is 0 Å². The van der Waals surface area contributed by atoms with E-state index in [0.717, 1.165) is 38.9 Å². The molecule has 0 radical (unpaired) electrons. The largest absolute Gasteiger partial charge is 0.342 e. The summed E-state index contributed by atoms with van der Waals surface area (Å²) in [6.07, 6.45) is 3.05. The second-order valence-electron chi connectivity index (χ2n) is 6.03. The molecule has 2 rings (SSSR count). The Labute approximate surface area is 137 Å². The highest BCUT2D eigenvalue weighted by Crippen LogP contribution is 2.09. The fourth-order valence-electron chi connectivity index (χ4n) is 2.99. The van der Waals surface area contributed by atoms with E-state index in [-0.39, 0.29) is 24.4 Å². The van der Waals surface area contributed by atoms with Crippen LogP contribution in [0.15, 0.2) is 0 Å². The van der Waals surface area contributed by atoms with Crippen LogP contribution in [0.4, 0.5) is 4.79 Å². The summed E-state index contributed by atoms with van der Waals surface area (Å²) in [5.74, 6) is 0.116. The molecule has 2 aliphatic rings. The Morgan fingerprint density at radius 3 is 2.17 bits per heavy atom. The van der Waals surface area contributed by atoms with Gasteiger partial charge < -0.3 is 20.4 Å². The number of hydrogen-bond acceptors (Lipinski definition) is 4. The van der Waals surface area contributed by atoms with Crippen molar-refractivity contribution in [2.75, 3.05) is 59.4 Å². The Morgan fingerprint density at radius 1 is 0.826 bits per heavy atom. The number of urea groups is 1. The van der Waals surface area contributed by atoms with Gasteiger partial charge in [-0.3, -0.25) is 14.5 Å². The predicted molar refractivity (Wildman–Crippen MR) is 85.9 cm³/mol. The van der Waals surface area contributed by atoms with Gasteiger partial charge in [0.1, 0.15) is 0 Å². The first-order valence-electron chi connectivity index (χ1n) is 8.33. The van der Waals surface area contributed by atoms with E-state index in [9.17, 15) is 14.4 Å². The molecule has 0 aromatic heterocycles. The first-order chi connectivity index (χ1) is 11.1. The van der Waals surface area contributed by atoms with Gasteiger partial charge in [-0.1, -0.05) is 0 Å². The molecule has 23 heavy (non-hydrogen) atoms. The minimum atomic E-state index is -0.356. The van der Waals surface area contributed by atoms with Gasteiger partial charge in [0.15, 0.2) is 0 Å². The molecule has 0 aromatic rings. The van der Waals surface area contributed by atoms with Crippen molar-refractivity contribution in [2.45, 2.75) is 19.3 Å². The zero-order valence-corrected chi connectivity index (χ0v) is 13.8. The third kappa shape index (κ3) is 5.38. The number of nitrogens with zero attached hydrogens (tertiary/aromatic N) is 3. The van der Waals surface area contributed by atoms with E-state index in [1.807, 2.05) is 4.90 Å². The van der Waals surface area contributed by atoms with Gasteiger partial charge >= 0.3 is 6.03 Å². The van der Waals surface area contributed by atoms with Crippen LogP contribution in [0.5, 0.6) is 0 Å². The van der Waals surface area contributed by atoms with Crippen molar-refractivity contribution in [3.63, 3.8) is 0 Å². The van der Waals surface area contributed by atoms with Crippen LogP contribution in [0.3, 0.4) is 0 Å². The monoisotopic (exact) mass is 325 g/mol. The molecule has 4 amide bonds. The SMILES string of the molecule is CNC(=O)NCC(=O)N1CCCN(CC(=O)N2CCCC2)CC1. The molecule has 2 saturated heterocycles. The Bertz CT molecular complexity index is 437. The van der Waals surface area contributed by atoms with Crippen LogP contribution in [-0.2, 0) is 9.59 Å². The molecule has 2 heterocycles. The van der Waals surface area contributed by atoms with Crippen molar-refractivity contribution < 1.29 is 14.4 Å². The van der Waals surface area contributed by atoms with Crippen molar-refractivity contribution in [3.05, 3.63) is 0 Å². The van der Waals surface area contributed by atoms with Crippen LogP contribution in [0.25, 0.3) is 0 Å². The second kappa shape index (κ2) is 8.71. The van der Waals surface area contributed by atoms with E-state index in [1.165, 1.54) is 7.05 Å². The van der Waals surface area contributed by atoms with Crippen molar-refractivity contribution >= 4 is 17.8 Å². The lowest BCUT2D eigenvalue weighted by molar-refractivity contribution is -0.131. The summed E-state index contributed by atoms with van der Waals surface area (Å²) in [5.41, 5.74) is 0. The summed E-state index contributed by atoms with van der Waals surface area (Å²) < 4.78 is 0. The maximum atomic E-state index is 12.2. The van der Waals surface area contributed by atoms with Crippen LogP contribution in [0.2, 0.25) is 0 Å². The van der Waals surface area contributed by atoms with Gasteiger partial charge in [0.2, 0.25) is 11.8 Å². The van der Waals surface area contributed by atoms with Crippen molar-refractivity contribution in [3.8, 4) is 0 Å². The number of hydrogen-bond donors (Lipinski definition) is 2. The number of carbonyl (C=O) groups excluding carboxylic acids is 3. The molecule has 8 heteroatoms. The minimum Gasteiger partial charge on any atom is -0.342 e. The van der Waals surface area contributed by atoms with Crippen LogP contribution in [0, 0.1) is 0 Å². The fraction of sp³-hybridized carbons (Fsp3) is 0.800. The highest BCUT2D eigenvalue weighted by molar-refractivity contribution is 5.84.